The van der Waals surface area contributed by atoms with Crippen molar-refractivity contribution in [3.05, 3.63) is 75.8 Å². The lowest BCUT2D eigenvalue weighted by Crippen LogP contribution is -2.50. The Morgan fingerprint density at radius 1 is 1.05 bits per heavy atom. The molecule has 1 N–H and O–H groups in total. The second kappa shape index (κ2) is 10.7. The number of aromatic nitrogens is 1. The van der Waals surface area contributed by atoms with Gasteiger partial charge in [-0.05, 0) is 43.9 Å². The van der Waals surface area contributed by atoms with E-state index in [0.717, 1.165) is 25.2 Å². The molecule has 0 radical (unpaired) electrons. The highest BCUT2D eigenvalue weighted by Gasteiger charge is 2.31. The summed E-state index contributed by atoms with van der Waals surface area (Å²) in [6.45, 7) is 4.21. The number of nitrogens with one attached hydrogen (secondary N) is 1. The third-order valence-electron chi connectivity index (χ3n) is 6.46. The number of carbonyl (C=O) groups is 1. The summed E-state index contributed by atoms with van der Waals surface area (Å²) in [7, 11) is 4.01. The average Bonchev–Trinajstić information content (AvgIpc) is 3.32. The number of nitro benzene ring substituents is 1. The summed E-state index contributed by atoms with van der Waals surface area (Å²) in [5, 5.41) is 11.7. The van der Waals surface area contributed by atoms with Gasteiger partial charge in [-0.3, -0.25) is 19.8 Å². The smallest absolute Gasteiger partial charge is 0.354 e. The maximum Gasteiger partial charge on any atom is 0.416 e. The summed E-state index contributed by atoms with van der Waals surface area (Å²) in [6.07, 6.45) is -4.47. The molecule has 1 fully saturated rings. The van der Waals surface area contributed by atoms with E-state index in [0.29, 0.717) is 37.4 Å². The van der Waals surface area contributed by atoms with Crippen LogP contribution in [-0.2, 0) is 6.18 Å². The van der Waals surface area contributed by atoms with Crippen molar-refractivity contribution >= 4 is 11.6 Å². The summed E-state index contributed by atoms with van der Waals surface area (Å²) in [4.78, 5) is 34.0. The van der Waals surface area contributed by atoms with E-state index in [9.17, 15) is 28.1 Å². The number of carbonyl (C=O) groups excluding carboxylic acids is 1. The molecule has 0 atom stereocenters. The molecular weight excluding hydrogens is 487 g/mol. The monoisotopic (exact) mass is 515 g/mol. The number of likely N-dealkylation sites (N-methyl/N-ethyl adjacent to an activating group) is 1. The van der Waals surface area contributed by atoms with Crippen molar-refractivity contribution in [3.63, 3.8) is 0 Å². The first-order chi connectivity index (χ1) is 17.5. The number of hydrogen-bond acceptors (Lipinski definition) is 5. The normalized spacial score (nSPS) is 14.8. The topological polar surface area (TPSA) is 85.7 Å². The van der Waals surface area contributed by atoms with Gasteiger partial charge in [0.2, 0.25) is 0 Å². The van der Waals surface area contributed by atoms with Gasteiger partial charge in [-0.2, -0.15) is 13.2 Å². The highest BCUT2D eigenvalue weighted by atomic mass is 19.4. The molecule has 4 rings (SSSR count). The molecule has 1 aliphatic heterocycles. The number of para-hydroxylation sites is 1. The fourth-order valence-electron chi connectivity index (χ4n) is 4.36. The average molecular weight is 516 g/mol. The van der Waals surface area contributed by atoms with Crippen molar-refractivity contribution in [2.75, 3.05) is 53.4 Å². The number of nitrogens with zero attached hydrogens (tertiary/aromatic N) is 4. The number of benzene rings is 2. The largest absolute Gasteiger partial charge is 0.416 e. The highest BCUT2D eigenvalue weighted by molar-refractivity contribution is 6.02. The quantitative estimate of drug-likeness (QED) is 0.367. The van der Waals surface area contributed by atoms with E-state index < -0.39 is 16.7 Å². The first-order valence-corrected chi connectivity index (χ1v) is 11.9. The number of aromatic amines is 1. The minimum Gasteiger partial charge on any atom is -0.354 e. The van der Waals surface area contributed by atoms with E-state index in [-0.39, 0.29) is 28.4 Å². The Labute approximate surface area is 212 Å². The number of alkyl halides is 3. The summed E-state index contributed by atoms with van der Waals surface area (Å²) in [6, 6.07) is 12.2. The zero-order chi connectivity index (χ0) is 26.7. The number of hydrogen-bond donors (Lipinski definition) is 1. The van der Waals surface area contributed by atoms with Crippen LogP contribution in [0.5, 0.6) is 0 Å². The van der Waals surface area contributed by atoms with Crippen LogP contribution < -0.4 is 0 Å². The first kappa shape index (κ1) is 26.4. The van der Waals surface area contributed by atoms with E-state index in [2.05, 4.69) is 14.8 Å². The van der Waals surface area contributed by atoms with E-state index in [1.165, 1.54) is 24.3 Å². The van der Waals surface area contributed by atoms with Gasteiger partial charge in [0.1, 0.15) is 0 Å². The maximum atomic E-state index is 13.6. The molecule has 0 bridgehead atoms. The van der Waals surface area contributed by atoms with Crippen LogP contribution >= 0.6 is 0 Å². The number of halogens is 3. The number of nitro groups is 1. The van der Waals surface area contributed by atoms with Crippen LogP contribution in [0.2, 0.25) is 0 Å². The van der Waals surface area contributed by atoms with Gasteiger partial charge in [0.05, 0.1) is 27.3 Å². The molecule has 2 aromatic carbocycles. The summed E-state index contributed by atoms with van der Waals surface area (Å²) >= 11 is 0. The van der Waals surface area contributed by atoms with Gasteiger partial charge >= 0.3 is 6.18 Å². The van der Waals surface area contributed by atoms with Crippen LogP contribution in [0.15, 0.2) is 54.6 Å². The van der Waals surface area contributed by atoms with Crippen molar-refractivity contribution in [1.82, 2.24) is 19.7 Å². The van der Waals surface area contributed by atoms with Gasteiger partial charge in [-0.15, -0.1) is 0 Å². The van der Waals surface area contributed by atoms with Gasteiger partial charge < -0.3 is 14.8 Å². The van der Waals surface area contributed by atoms with Crippen molar-refractivity contribution in [3.8, 4) is 22.5 Å². The predicted octanol–water partition coefficient (Wildman–Crippen LogP) is 4.60. The van der Waals surface area contributed by atoms with E-state index in [1.807, 2.05) is 14.1 Å². The Balaban J connectivity index is 1.68. The molecule has 2 heterocycles. The molecule has 0 spiro atoms. The Morgan fingerprint density at radius 3 is 2.30 bits per heavy atom. The van der Waals surface area contributed by atoms with E-state index in [4.69, 9.17) is 0 Å². The zero-order valence-corrected chi connectivity index (χ0v) is 20.6. The predicted molar refractivity (Wildman–Crippen MR) is 134 cm³/mol. The molecule has 1 saturated heterocycles. The SMILES string of the molecule is CN(C)CCN1CCN(C(=O)c2cc(-c3ccc(C(F)(F)F)cc3)[nH]c2-c2ccccc2[N+](=O)[O-])CC1. The van der Waals surface area contributed by atoms with E-state index in [1.54, 1.807) is 23.1 Å². The molecule has 11 heteroatoms. The maximum absolute atomic E-state index is 13.6. The van der Waals surface area contributed by atoms with E-state index >= 15 is 0 Å². The number of amides is 1. The number of piperazine rings is 1. The van der Waals surface area contributed by atoms with Crippen molar-refractivity contribution in [1.29, 1.82) is 0 Å². The summed E-state index contributed by atoms with van der Waals surface area (Å²) in [5.74, 6) is -0.283. The van der Waals surface area contributed by atoms with Gasteiger partial charge in [-0.1, -0.05) is 24.3 Å². The molecule has 0 unspecified atom stereocenters. The molecule has 1 aromatic heterocycles. The fraction of sp³-hybridized carbons (Fsp3) is 0.346. The molecule has 8 nitrogen and oxygen atoms in total. The van der Waals surface area contributed by atoms with Crippen LogP contribution in [0.25, 0.3) is 22.5 Å². The Hall–Kier alpha value is -3.70. The summed E-state index contributed by atoms with van der Waals surface area (Å²) in [5.41, 5.74) is 0.609. The van der Waals surface area contributed by atoms with Crippen molar-refractivity contribution in [2.45, 2.75) is 6.18 Å². The molecule has 37 heavy (non-hydrogen) atoms. The van der Waals surface area contributed by atoms with Gasteiger partial charge in [0.25, 0.3) is 11.6 Å². The van der Waals surface area contributed by atoms with Gasteiger partial charge in [0.15, 0.2) is 0 Å². The molecule has 3 aromatic rings. The Morgan fingerprint density at radius 2 is 1.70 bits per heavy atom. The molecule has 1 amide bonds. The van der Waals surface area contributed by atoms with Crippen LogP contribution in [0.3, 0.4) is 0 Å². The molecule has 0 saturated carbocycles. The Bertz CT molecular complexity index is 1260. The lowest BCUT2D eigenvalue weighted by Gasteiger charge is -2.35. The lowest BCUT2D eigenvalue weighted by atomic mass is 10.0. The van der Waals surface area contributed by atoms with Crippen LogP contribution in [0, 0.1) is 10.1 Å². The molecule has 0 aliphatic carbocycles. The second-order valence-electron chi connectivity index (χ2n) is 9.26. The minimum absolute atomic E-state index is 0.175. The zero-order valence-electron chi connectivity index (χ0n) is 20.6. The second-order valence-corrected chi connectivity index (χ2v) is 9.26. The molecular formula is C26H28F3N5O3. The standard InChI is InChI=1S/C26H28F3N5O3/c1-31(2)11-12-32-13-15-33(16-14-32)25(35)21-17-22(18-7-9-19(10-8-18)26(27,28)29)30-24(21)20-5-3-4-6-23(20)34(36)37/h3-10,17,30H,11-16H2,1-2H3. The Kier molecular flexibility index (Phi) is 7.65. The van der Waals surface area contributed by atoms with Crippen LogP contribution in [-0.4, -0.2) is 83.9 Å². The third-order valence-corrected chi connectivity index (χ3v) is 6.46. The van der Waals surface area contributed by atoms with Crippen molar-refractivity contribution in [2.24, 2.45) is 0 Å². The van der Waals surface area contributed by atoms with Crippen LogP contribution in [0.1, 0.15) is 15.9 Å². The van der Waals surface area contributed by atoms with Gasteiger partial charge in [0, 0.05) is 51.0 Å². The fourth-order valence-corrected chi connectivity index (χ4v) is 4.36. The molecule has 1 aliphatic rings. The molecule has 196 valence electrons. The first-order valence-electron chi connectivity index (χ1n) is 11.9. The third kappa shape index (κ3) is 6.00. The minimum atomic E-state index is -4.47. The lowest BCUT2D eigenvalue weighted by molar-refractivity contribution is -0.384. The van der Waals surface area contributed by atoms with Crippen molar-refractivity contribution < 1.29 is 22.9 Å². The van der Waals surface area contributed by atoms with Gasteiger partial charge in [-0.25, -0.2) is 0 Å². The van der Waals surface area contributed by atoms with Crippen LogP contribution in [0.4, 0.5) is 18.9 Å². The number of rotatable bonds is 7. The summed E-state index contributed by atoms with van der Waals surface area (Å²) < 4.78 is 39.1. The number of H-pyrrole nitrogens is 1. The highest BCUT2D eigenvalue weighted by Crippen LogP contribution is 2.36.